The van der Waals surface area contributed by atoms with Crippen molar-refractivity contribution in [1.82, 2.24) is 0 Å². The number of halogens is 1. The largest absolute Gasteiger partial charge is 0.495 e. The van der Waals surface area contributed by atoms with Gasteiger partial charge in [-0.3, -0.25) is 0 Å². The predicted octanol–water partition coefficient (Wildman–Crippen LogP) is 2.58. The number of aromatic carboxylic acids is 1. The van der Waals surface area contributed by atoms with Crippen molar-refractivity contribution in [1.29, 1.82) is 0 Å². The van der Waals surface area contributed by atoms with Crippen molar-refractivity contribution in [2.75, 3.05) is 0 Å². The molecular formula is C14H18BBrO4. The van der Waals surface area contributed by atoms with Crippen molar-refractivity contribution in [3.05, 3.63) is 29.3 Å². The fourth-order valence-corrected chi connectivity index (χ4v) is 2.54. The zero-order valence-corrected chi connectivity index (χ0v) is 13.7. The molecule has 0 radical (unpaired) electrons. The molecule has 0 bridgehead atoms. The Morgan fingerprint density at radius 3 is 2.25 bits per heavy atom. The van der Waals surface area contributed by atoms with Crippen molar-refractivity contribution in [2.45, 2.75) is 44.2 Å². The number of benzene rings is 1. The summed E-state index contributed by atoms with van der Waals surface area (Å²) in [7, 11) is -0.476. The van der Waals surface area contributed by atoms with Crippen LogP contribution in [0.2, 0.25) is 0 Å². The third-order valence-electron chi connectivity index (χ3n) is 4.04. The van der Waals surface area contributed by atoms with Crippen molar-refractivity contribution in [2.24, 2.45) is 0 Å². The molecule has 108 valence electrons. The Labute approximate surface area is 127 Å². The van der Waals surface area contributed by atoms with E-state index in [1.807, 2.05) is 27.7 Å². The molecule has 20 heavy (non-hydrogen) atoms. The standard InChI is InChI=1S/C14H18BBrO4/c1-13(2)14(3,4)20-15(19-13)11-6-5-9(12(17)18)7-10(11)8-16/h5-7H,8H2,1-4H3,(H,17,18). The summed E-state index contributed by atoms with van der Waals surface area (Å²) in [5, 5.41) is 9.60. The molecule has 1 saturated heterocycles. The van der Waals surface area contributed by atoms with Gasteiger partial charge in [-0.1, -0.05) is 22.0 Å². The second kappa shape index (κ2) is 5.17. The molecule has 2 rings (SSSR count). The molecular weight excluding hydrogens is 323 g/mol. The van der Waals surface area contributed by atoms with E-state index in [2.05, 4.69) is 15.9 Å². The highest BCUT2D eigenvalue weighted by Crippen LogP contribution is 2.36. The van der Waals surface area contributed by atoms with E-state index < -0.39 is 24.3 Å². The van der Waals surface area contributed by atoms with Crippen LogP contribution < -0.4 is 5.46 Å². The van der Waals surface area contributed by atoms with E-state index in [1.165, 1.54) is 0 Å². The lowest BCUT2D eigenvalue weighted by atomic mass is 9.76. The molecule has 1 heterocycles. The normalized spacial score (nSPS) is 20.1. The van der Waals surface area contributed by atoms with Crippen molar-refractivity contribution >= 4 is 34.5 Å². The fourth-order valence-electron chi connectivity index (χ4n) is 2.05. The molecule has 0 saturated carbocycles. The highest BCUT2D eigenvalue weighted by atomic mass is 79.9. The number of rotatable bonds is 3. The van der Waals surface area contributed by atoms with Crippen LogP contribution in [0.15, 0.2) is 18.2 Å². The van der Waals surface area contributed by atoms with E-state index >= 15 is 0 Å². The van der Waals surface area contributed by atoms with Gasteiger partial charge in [0.1, 0.15) is 0 Å². The van der Waals surface area contributed by atoms with Gasteiger partial charge in [0, 0.05) is 5.33 Å². The van der Waals surface area contributed by atoms with Crippen molar-refractivity contribution in [3.63, 3.8) is 0 Å². The summed E-state index contributed by atoms with van der Waals surface area (Å²) in [6, 6.07) is 4.99. The molecule has 0 unspecified atom stereocenters. The van der Waals surface area contributed by atoms with E-state index in [-0.39, 0.29) is 5.56 Å². The van der Waals surface area contributed by atoms with Crippen LogP contribution >= 0.6 is 15.9 Å². The molecule has 1 aliphatic rings. The maximum atomic E-state index is 11.0. The van der Waals surface area contributed by atoms with Gasteiger partial charge in [-0.05, 0) is 50.9 Å². The summed E-state index contributed by atoms with van der Waals surface area (Å²) in [4.78, 5) is 11.0. The van der Waals surface area contributed by atoms with Crippen LogP contribution in [0.5, 0.6) is 0 Å². The van der Waals surface area contributed by atoms with Gasteiger partial charge in [0.2, 0.25) is 0 Å². The number of alkyl halides is 1. The molecule has 0 atom stereocenters. The van der Waals surface area contributed by atoms with E-state index in [4.69, 9.17) is 14.4 Å². The first-order valence-corrected chi connectivity index (χ1v) is 7.58. The summed E-state index contributed by atoms with van der Waals surface area (Å²) in [5.41, 5.74) is 1.17. The lowest BCUT2D eigenvalue weighted by molar-refractivity contribution is 0.00578. The second-order valence-corrected chi connectivity index (χ2v) is 6.50. The highest BCUT2D eigenvalue weighted by Gasteiger charge is 2.52. The molecule has 1 N–H and O–H groups in total. The van der Waals surface area contributed by atoms with Gasteiger partial charge in [0.05, 0.1) is 16.8 Å². The average Bonchev–Trinajstić information content (AvgIpc) is 2.57. The molecule has 1 fully saturated rings. The Bertz CT molecular complexity index is 526. The van der Waals surface area contributed by atoms with Crippen LogP contribution in [0.1, 0.15) is 43.6 Å². The maximum Gasteiger partial charge on any atom is 0.495 e. The van der Waals surface area contributed by atoms with E-state index in [1.54, 1.807) is 18.2 Å². The molecule has 0 spiro atoms. The first kappa shape index (κ1) is 15.5. The number of hydrogen-bond acceptors (Lipinski definition) is 3. The molecule has 6 heteroatoms. The van der Waals surface area contributed by atoms with Crippen LogP contribution in [-0.2, 0) is 14.6 Å². The van der Waals surface area contributed by atoms with Gasteiger partial charge in [-0.25, -0.2) is 4.79 Å². The summed E-state index contributed by atoms with van der Waals surface area (Å²) in [5.74, 6) is -0.937. The summed E-state index contributed by atoms with van der Waals surface area (Å²) < 4.78 is 12.0. The first-order chi connectivity index (χ1) is 9.18. The molecule has 0 aromatic heterocycles. The molecule has 0 aliphatic carbocycles. The zero-order valence-electron chi connectivity index (χ0n) is 12.1. The Balaban J connectivity index is 2.37. The molecule has 4 nitrogen and oxygen atoms in total. The van der Waals surface area contributed by atoms with Gasteiger partial charge in [0.25, 0.3) is 0 Å². The summed E-state index contributed by atoms with van der Waals surface area (Å²) in [6.07, 6.45) is 0. The number of carbonyl (C=O) groups is 1. The van der Waals surface area contributed by atoms with Crippen LogP contribution in [0, 0.1) is 0 Å². The summed E-state index contributed by atoms with van der Waals surface area (Å²) in [6.45, 7) is 7.97. The lowest BCUT2D eigenvalue weighted by Crippen LogP contribution is -2.41. The monoisotopic (exact) mass is 340 g/mol. The van der Waals surface area contributed by atoms with E-state index in [9.17, 15) is 4.79 Å². The topological polar surface area (TPSA) is 55.8 Å². The van der Waals surface area contributed by atoms with Crippen LogP contribution in [0.3, 0.4) is 0 Å². The van der Waals surface area contributed by atoms with Gasteiger partial charge >= 0.3 is 13.1 Å². The van der Waals surface area contributed by atoms with Gasteiger partial charge in [-0.15, -0.1) is 0 Å². The Hall–Kier alpha value is -0.845. The van der Waals surface area contributed by atoms with Gasteiger partial charge in [0.15, 0.2) is 0 Å². The predicted molar refractivity (Wildman–Crippen MR) is 81.7 cm³/mol. The first-order valence-electron chi connectivity index (χ1n) is 6.45. The SMILES string of the molecule is CC1(C)OB(c2ccc(C(=O)O)cc2CBr)OC1(C)C. The van der Waals surface area contributed by atoms with Crippen LogP contribution in [0.4, 0.5) is 0 Å². The van der Waals surface area contributed by atoms with E-state index in [0.717, 1.165) is 11.0 Å². The minimum absolute atomic E-state index is 0.264. The quantitative estimate of drug-likeness (QED) is 0.678. The molecule has 1 aromatic rings. The highest BCUT2D eigenvalue weighted by molar-refractivity contribution is 9.08. The maximum absolute atomic E-state index is 11.0. The van der Waals surface area contributed by atoms with Crippen LogP contribution in [0.25, 0.3) is 0 Å². The van der Waals surface area contributed by atoms with Gasteiger partial charge < -0.3 is 14.4 Å². The second-order valence-electron chi connectivity index (χ2n) is 5.94. The number of hydrogen-bond donors (Lipinski definition) is 1. The van der Waals surface area contributed by atoms with Crippen molar-refractivity contribution < 1.29 is 19.2 Å². The third-order valence-corrected chi connectivity index (χ3v) is 4.65. The van der Waals surface area contributed by atoms with Gasteiger partial charge in [-0.2, -0.15) is 0 Å². The minimum Gasteiger partial charge on any atom is -0.478 e. The Morgan fingerprint density at radius 1 is 1.25 bits per heavy atom. The van der Waals surface area contributed by atoms with Crippen molar-refractivity contribution in [3.8, 4) is 0 Å². The zero-order chi connectivity index (χ0) is 15.1. The number of carboxylic acid groups (broad SMARTS) is 1. The minimum atomic E-state index is -0.937. The van der Waals surface area contributed by atoms with E-state index in [0.29, 0.717) is 5.33 Å². The Morgan fingerprint density at radius 2 is 1.80 bits per heavy atom. The molecule has 1 aromatic carbocycles. The fraction of sp³-hybridized carbons (Fsp3) is 0.500. The Kier molecular flexibility index (Phi) is 4.02. The molecule has 0 amide bonds. The average molecular weight is 341 g/mol. The smallest absolute Gasteiger partial charge is 0.478 e. The lowest BCUT2D eigenvalue weighted by Gasteiger charge is -2.32. The molecule has 1 aliphatic heterocycles. The number of carboxylic acids is 1. The van der Waals surface area contributed by atoms with Crippen LogP contribution in [-0.4, -0.2) is 29.4 Å². The summed E-state index contributed by atoms with van der Waals surface area (Å²) >= 11 is 3.39. The third kappa shape index (κ3) is 2.64.